The van der Waals surface area contributed by atoms with Crippen molar-refractivity contribution in [1.82, 2.24) is 4.90 Å². The van der Waals surface area contributed by atoms with Gasteiger partial charge in [0.05, 0.1) is 32.5 Å². The van der Waals surface area contributed by atoms with Gasteiger partial charge < -0.3 is 23.8 Å². The highest BCUT2D eigenvalue weighted by Gasteiger charge is 2.25. The first-order chi connectivity index (χ1) is 14.0. The van der Waals surface area contributed by atoms with E-state index in [1.807, 2.05) is 26.0 Å². The number of halogens is 1. The number of carbonyl (C=O) groups excluding carboxylic acids is 1. The van der Waals surface area contributed by atoms with Gasteiger partial charge in [-0.1, -0.05) is 11.6 Å². The highest BCUT2D eigenvalue weighted by atomic mass is 35.5. The molecule has 0 unspecified atom stereocenters. The highest BCUT2D eigenvalue weighted by molar-refractivity contribution is 6.32. The highest BCUT2D eigenvalue weighted by Crippen LogP contribution is 2.37. The summed E-state index contributed by atoms with van der Waals surface area (Å²) >= 11 is 6.27. The van der Waals surface area contributed by atoms with Crippen molar-refractivity contribution in [3.8, 4) is 23.0 Å². The van der Waals surface area contributed by atoms with Crippen LogP contribution in [0.1, 0.15) is 35.3 Å². The molecule has 156 valence electrons. The van der Waals surface area contributed by atoms with E-state index in [1.54, 1.807) is 17.0 Å². The van der Waals surface area contributed by atoms with E-state index in [0.29, 0.717) is 54.1 Å². The van der Waals surface area contributed by atoms with Crippen LogP contribution in [0.15, 0.2) is 24.3 Å². The van der Waals surface area contributed by atoms with E-state index in [1.165, 1.54) is 19.8 Å². The third-order valence-corrected chi connectivity index (χ3v) is 5.13. The van der Waals surface area contributed by atoms with Crippen LogP contribution in [0.5, 0.6) is 23.0 Å². The second kappa shape index (κ2) is 9.27. The summed E-state index contributed by atoms with van der Waals surface area (Å²) in [5, 5.41) is 0.340. The lowest BCUT2D eigenvalue weighted by Gasteiger charge is -2.30. The van der Waals surface area contributed by atoms with Gasteiger partial charge in [0.1, 0.15) is 0 Å². The predicted octanol–water partition coefficient (Wildman–Crippen LogP) is 4.35. The van der Waals surface area contributed by atoms with Crippen LogP contribution >= 0.6 is 11.6 Å². The Morgan fingerprint density at radius 2 is 1.62 bits per heavy atom. The monoisotopic (exact) mass is 419 g/mol. The summed E-state index contributed by atoms with van der Waals surface area (Å²) in [6.07, 6.45) is 0.745. The SMILES string of the molecule is CCOc1cc2c(cc1OCC)CN(C(=O)c1cc(Cl)c(OC)c(OC)c1)CC2. The lowest BCUT2D eigenvalue weighted by Crippen LogP contribution is -2.36. The van der Waals surface area contributed by atoms with Gasteiger partial charge in [0.25, 0.3) is 5.91 Å². The van der Waals surface area contributed by atoms with Crippen molar-refractivity contribution in [1.29, 1.82) is 0 Å². The van der Waals surface area contributed by atoms with Gasteiger partial charge in [-0.25, -0.2) is 0 Å². The van der Waals surface area contributed by atoms with E-state index in [9.17, 15) is 4.79 Å². The number of fused-ring (bicyclic) bond motifs is 1. The molecular weight excluding hydrogens is 394 g/mol. The Bertz CT molecular complexity index is 899. The first kappa shape index (κ1) is 21.1. The molecule has 0 atom stereocenters. The molecule has 1 amide bonds. The fourth-order valence-electron chi connectivity index (χ4n) is 3.50. The van der Waals surface area contributed by atoms with Crippen LogP contribution in [0.3, 0.4) is 0 Å². The van der Waals surface area contributed by atoms with Crippen molar-refractivity contribution in [2.45, 2.75) is 26.8 Å². The Kier molecular flexibility index (Phi) is 6.75. The van der Waals surface area contributed by atoms with Crippen molar-refractivity contribution in [2.24, 2.45) is 0 Å². The van der Waals surface area contributed by atoms with Crippen molar-refractivity contribution in [2.75, 3.05) is 34.0 Å². The van der Waals surface area contributed by atoms with Crippen molar-refractivity contribution in [3.63, 3.8) is 0 Å². The smallest absolute Gasteiger partial charge is 0.254 e. The van der Waals surface area contributed by atoms with E-state index >= 15 is 0 Å². The van der Waals surface area contributed by atoms with Crippen LogP contribution in [0.4, 0.5) is 0 Å². The standard InChI is InChI=1S/C22H26ClNO5/c1-5-28-18-10-14-7-8-24(13-16(14)12-19(18)29-6-2)22(25)15-9-17(23)21(27-4)20(11-15)26-3/h9-12H,5-8,13H2,1-4H3. The summed E-state index contributed by atoms with van der Waals surface area (Å²) < 4.78 is 22.0. The van der Waals surface area contributed by atoms with Gasteiger partial charge in [-0.2, -0.15) is 0 Å². The first-order valence-electron chi connectivity index (χ1n) is 9.64. The predicted molar refractivity (Wildman–Crippen MR) is 112 cm³/mol. The van der Waals surface area contributed by atoms with Crippen LogP contribution < -0.4 is 18.9 Å². The number of nitrogens with zero attached hydrogens (tertiary/aromatic N) is 1. The Morgan fingerprint density at radius 3 is 2.21 bits per heavy atom. The summed E-state index contributed by atoms with van der Waals surface area (Å²) in [5.41, 5.74) is 2.70. The average Bonchev–Trinajstić information content (AvgIpc) is 2.73. The van der Waals surface area contributed by atoms with Crippen LogP contribution in [0.2, 0.25) is 5.02 Å². The minimum atomic E-state index is -0.106. The normalized spacial score (nSPS) is 12.9. The van der Waals surface area contributed by atoms with E-state index in [2.05, 4.69) is 0 Å². The van der Waals surface area contributed by atoms with Gasteiger partial charge in [-0.15, -0.1) is 0 Å². The van der Waals surface area contributed by atoms with Crippen LogP contribution in [0.25, 0.3) is 0 Å². The quantitative estimate of drug-likeness (QED) is 0.667. The van der Waals surface area contributed by atoms with Crippen LogP contribution in [-0.2, 0) is 13.0 Å². The van der Waals surface area contributed by atoms with E-state index in [4.69, 9.17) is 30.5 Å². The Labute approximate surface area is 176 Å². The van der Waals surface area contributed by atoms with Gasteiger partial charge in [0.2, 0.25) is 0 Å². The van der Waals surface area contributed by atoms with Crippen LogP contribution in [-0.4, -0.2) is 44.8 Å². The maximum atomic E-state index is 13.1. The maximum absolute atomic E-state index is 13.1. The molecule has 0 bridgehead atoms. The molecule has 1 aliphatic rings. The number of ether oxygens (including phenoxy) is 4. The minimum Gasteiger partial charge on any atom is -0.493 e. The molecule has 0 aromatic heterocycles. The summed E-state index contributed by atoms with van der Waals surface area (Å²) in [7, 11) is 3.03. The second-order valence-corrected chi connectivity index (χ2v) is 7.01. The lowest BCUT2D eigenvalue weighted by atomic mass is 9.98. The number of methoxy groups -OCH3 is 2. The molecule has 0 fully saturated rings. The van der Waals surface area contributed by atoms with Crippen molar-refractivity contribution in [3.05, 3.63) is 46.0 Å². The van der Waals surface area contributed by atoms with Gasteiger partial charge in [0.15, 0.2) is 23.0 Å². The number of carbonyl (C=O) groups is 1. The van der Waals surface area contributed by atoms with Gasteiger partial charge in [-0.3, -0.25) is 4.79 Å². The van der Waals surface area contributed by atoms with Crippen LogP contribution in [0, 0.1) is 0 Å². The molecule has 1 heterocycles. The fraction of sp³-hybridized carbons (Fsp3) is 0.409. The summed E-state index contributed by atoms with van der Waals surface area (Å²) in [6.45, 7) is 6.11. The van der Waals surface area contributed by atoms with Crippen molar-refractivity contribution >= 4 is 17.5 Å². The molecule has 0 aliphatic carbocycles. The molecule has 0 radical (unpaired) electrons. The molecular formula is C22H26ClNO5. The summed E-state index contributed by atoms with van der Waals surface area (Å²) in [6, 6.07) is 7.28. The minimum absolute atomic E-state index is 0.106. The molecule has 2 aromatic carbocycles. The summed E-state index contributed by atoms with van der Waals surface area (Å²) in [5.74, 6) is 2.20. The second-order valence-electron chi connectivity index (χ2n) is 6.60. The number of benzene rings is 2. The molecule has 2 aromatic rings. The fourth-order valence-corrected chi connectivity index (χ4v) is 3.79. The Balaban J connectivity index is 1.87. The third-order valence-electron chi connectivity index (χ3n) is 4.85. The van der Waals surface area contributed by atoms with Crippen molar-refractivity contribution < 1.29 is 23.7 Å². The molecule has 0 N–H and O–H groups in total. The number of hydrogen-bond acceptors (Lipinski definition) is 5. The topological polar surface area (TPSA) is 57.2 Å². The molecule has 0 saturated heterocycles. The lowest BCUT2D eigenvalue weighted by molar-refractivity contribution is 0.0734. The van der Waals surface area contributed by atoms with E-state index in [0.717, 1.165) is 17.7 Å². The first-order valence-corrected chi connectivity index (χ1v) is 10.0. The molecule has 0 saturated carbocycles. The third kappa shape index (κ3) is 4.37. The molecule has 6 nitrogen and oxygen atoms in total. The average molecular weight is 420 g/mol. The van der Waals surface area contributed by atoms with Gasteiger partial charge in [0, 0.05) is 18.7 Å². The zero-order chi connectivity index (χ0) is 21.0. The Hall–Kier alpha value is -2.60. The summed E-state index contributed by atoms with van der Waals surface area (Å²) in [4.78, 5) is 14.9. The zero-order valence-electron chi connectivity index (χ0n) is 17.2. The molecule has 0 spiro atoms. The van der Waals surface area contributed by atoms with E-state index < -0.39 is 0 Å². The Morgan fingerprint density at radius 1 is 0.966 bits per heavy atom. The molecule has 7 heteroatoms. The van der Waals surface area contributed by atoms with Gasteiger partial charge in [-0.05, 0) is 55.7 Å². The molecule has 1 aliphatic heterocycles. The maximum Gasteiger partial charge on any atom is 0.254 e. The van der Waals surface area contributed by atoms with E-state index in [-0.39, 0.29) is 5.91 Å². The number of amides is 1. The largest absolute Gasteiger partial charge is 0.493 e. The molecule has 29 heavy (non-hydrogen) atoms. The number of rotatable bonds is 7. The molecule has 3 rings (SSSR count). The number of hydrogen-bond donors (Lipinski definition) is 0. The van der Waals surface area contributed by atoms with Gasteiger partial charge >= 0.3 is 0 Å². The zero-order valence-corrected chi connectivity index (χ0v) is 18.0.